The molecule has 0 amide bonds. The van der Waals surface area contributed by atoms with Crippen LogP contribution in [0.5, 0.6) is 5.75 Å². The van der Waals surface area contributed by atoms with Gasteiger partial charge in [-0.05, 0) is 79.7 Å². The molecule has 0 bridgehead atoms. The summed E-state index contributed by atoms with van der Waals surface area (Å²) in [4.78, 5) is 2.15. The van der Waals surface area contributed by atoms with E-state index >= 15 is 0 Å². The van der Waals surface area contributed by atoms with Crippen molar-refractivity contribution in [2.45, 2.75) is 6.92 Å². The average Bonchev–Trinajstić information content (AvgIpc) is 2.60. The van der Waals surface area contributed by atoms with Crippen molar-refractivity contribution in [3.8, 4) is 5.75 Å². The van der Waals surface area contributed by atoms with Gasteiger partial charge in [-0.1, -0.05) is 0 Å². The summed E-state index contributed by atoms with van der Waals surface area (Å²) < 4.78 is 5.53. The largest absolute Gasteiger partial charge is 0.494 e. The van der Waals surface area contributed by atoms with Crippen LogP contribution in [-0.4, -0.2) is 6.61 Å². The summed E-state index contributed by atoms with van der Waals surface area (Å²) in [5.74, 6) is 0.857. The van der Waals surface area contributed by atoms with Crippen LogP contribution in [0.15, 0.2) is 72.8 Å². The first-order valence-corrected chi connectivity index (χ1v) is 7.91. The number of ether oxygens (including phenoxy) is 1. The van der Waals surface area contributed by atoms with Gasteiger partial charge in [-0.15, -0.1) is 0 Å². The number of nitrogens with zero attached hydrogens (tertiary/aromatic N) is 1. The van der Waals surface area contributed by atoms with E-state index in [0.717, 1.165) is 34.2 Å². The number of nitrogen functional groups attached to an aromatic ring is 2. The third-order valence-electron chi connectivity index (χ3n) is 3.71. The maximum atomic E-state index is 5.83. The van der Waals surface area contributed by atoms with Crippen molar-refractivity contribution in [1.29, 1.82) is 0 Å². The summed E-state index contributed by atoms with van der Waals surface area (Å²) in [6.07, 6.45) is 0. The first kappa shape index (κ1) is 15.7. The molecule has 0 heterocycles. The maximum Gasteiger partial charge on any atom is 0.119 e. The monoisotopic (exact) mass is 319 g/mol. The van der Waals surface area contributed by atoms with Crippen LogP contribution >= 0.6 is 0 Å². The highest BCUT2D eigenvalue weighted by molar-refractivity contribution is 5.78. The molecule has 4 heteroatoms. The molecule has 0 radical (unpaired) electrons. The highest BCUT2D eigenvalue weighted by Crippen LogP contribution is 2.35. The fourth-order valence-electron chi connectivity index (χ4n) is 2.55. The molecule has 0 saturated heterocycles. The molecule has 0 aliphatic carbocycles. The number of nitrogens with two attached hydrogens (primary N) is 2. The predicted octanol–water partition coefficient (Wildman–Crippen LogP) is 4.72. The van der Waals surface area contributed by atoms with Gasteiger partial charge >= 0.3 is 0 Å². The summed E-state index contributed by atoms with van der Waals surface area (Å²) >= 11 is 0. The lowest BCUT2D eigenvalue weighted by Crippen LogP contribution is -2.10. The van der Waals surface area contributed by atoms with Gasteiger partial charge < -0.3 is 21.1 Å². The number of hydrogen-bond acceptors (Lipinski definition) is 4. The van der Waals surface area contributed by atoms with Crippen LogP contribution < -0.4 is 21.1 Å². The molecule has 0 aliphatic heterocycles. The van der Waals surface area contributed by atoms with E-state index in [2.05, 4.69) is 4.90 Å². The smallest absolute Gasteiger partial charge is 0.119 e. The molecule has 4 N–H and O–H groups in total. The van der Waals surface area contributed by atoms with Crippen molar-refractivity contribution in [1.82, 2.24) is 0 Å². The summed E-state index contributed by atoms with van der Waals surface area (Å²) in [6, 6.07) is 23.6. The van der Waals surface area contributed by atoms with Gasteiger partial charge in [-0.25, -0.2) is 0 Å². The first-order valence-electron chi connectivity index (χ1n) is 7.91. The van der Waals surface area contributed by atoms with Crippen LogP contribution in [0.25, 0.3) is 0 Å². The van der Waals surface area contributed by atoms with Crippen LogP contribution in [0.3, 0.4) is 0 Å². The molecule has 24 heavy (non-hydrogen) atoms. The predicted molar refractivity (Wildman–Crippen MR) is 101 cm³/mol. The molecule has 0 fully saturated rings. The lowest BCUT2D eigenvalue weighted by Gasteiger charge is -2.25. The van der Waals surface area contributed by atoms with Crippen LogP contribution in [0, 0.1) is 0 Å². The molecule has 3 aromatic carbocycles. The maximum absolute atomic E-state index is 5.83. The highest BCUT2D eigenvalue weighted by atomic mass is 16.5. The third-order valence-corrected chi connectivity index (χ3v) is 3.71. The van der Waals surface area contributed by atoms with Crippen LogP contribution in [0.4, 0.5) is 28.4 Å². The van der Waals surface area contributed by atoms with E-state index in [0.29, 0.717) is 6.61 Å². The zero-order valence-corrected chi connectivity index (χ0v) is 13.6. The molecule has 3 aromatic rings. The Bertz CT molecular complexity index is 735. The second kappa shape index (κ2) is 6.96. The van der Waals surface area contributed by atoms with Crippen molar-refractivity contribution in [2.75, 3.05) is 23.0 Å². The minimum atomic E-state index is 0.652. The third kappa shape index (κ3) is 3.43. The van der Waals surface area contributed by atoms with Crippen molar-refractivity contribution in [3.05, 3.63) is 72.8 Å². The fraction of sp³-hybridized carbons (Fsp3) is 0.100. The van der Waals surface area contributed by atoms with E-state index in [1.807, 2.05) is 79.7 Å². The Morgan fingerprint density at radius 2 is 1.04 bits per heavy atom. The standard InChI is InChI=1S/C20H21N3O/c1-2-24-20-13-11-19(12-14-20)23(17-7-3-15(21)4-8-17)18-9-5-16(22)6-10-18/h3-14H,2,21-22H2,1H3. The van der Waals surface area contributed by atoms with Crippen LogP contribution in [0.1, 0.15) is 6.92 Å². The molecule has 0 atom stereocenters. The van der Waals surface area contributed by atoms with Crippen LogP contribution in [0.2, 0.25) is 0 Å². The number of benzene rings is 3. The van der Waals surface area contributed by atoms with Crippen LogP contribution in [-0.2, 0) is 0 Å². The summed E-state index contributed by atoms with van der Waals surface area (Å²) in [7, 11) is 0. The molecular formula is C20H21N3O. The number of rotatable bonds is 5. The molecular weight excluding hydrogens is 298 g/mol. The van der Waals surface area contributed by atoms with E-state index < -0.39 is 0 Å². The van der Waals surface area contributed by atoms with Crippen molar-refractivity contribution in [2.24, 2.45) is 0 Å². The lowest BCUT2D eigenvalue weighted by atomic mass is 10.1. The van der Waals surface area contributed by atoms with Gasteiger partial charge in [0.1, 0.15) is 5.75 Å². The number of anilines is 5. The van der Waals surface area contributed by atoms with Gasteiger partial charge in [0.2, 0.25) is 0 Å². The number of hydrogen-bond donors (Lipinski definition) is 2. The summed E-state index contributed by atoms with van der Waals surface area (Å²) in [5, 5.41) is 0. The SMILES string of the molecule is CCOc1ccc(N(c2ccc(N)cc2)c2ccc(N)cc2)cc1. The van der Waals surface area contributed by atoms with E-state index in [1.165, 1.54) is 0 Å². The summed E-state index contributed by atoms with van der Waals surface area (Å²) in [6.45, 7) is 2.63. The Kier molecular flexibility index (Phi) is 4.57. The van der Waals surface area contributed by atoms with Gasteiger partial charge in [0.25, 0.3) is 0 Å². The zero-order chi connectivity index (χ0) is 16.9. The Balaban J connectivity index is 2.04. The Morgan fingerprint density at radius 1 is 0.667 bits per heavy atom. The zero-order valence-electron chi connectivity index (χ0n) is 13.6. The van der Waals surface area contributed by atoms with Gasteiger partial charge in [0, 0.05) is 28.4 Å². The lowest BCUT2D eigenvalue weighted by molar-refractivity contribution is 0.340. The minimum absolute atomic E-state index is 0.652. The second-order valence-corrected chi connectivity index (χ2v) is 5.45. The van der Waals surface area contributed by atoms with Gasteiger partial charge in [-0.3, -0.25) is 0 Å². The van der Waals surface area contributed by atoms with Gasteiger partial charge in [0.15, 0.2) is 0 Å². The normalized spacial score (nSPS) is 10.4. The van der Waals surface area contributed by atoms with E-state index in [4.69, 9.17) is 16.2 Å². The molecule has 0 aliphatic rings. The fourth-order valence-corrected chi connectivity index (χ4v) is 2.55. The molecule has 0 saturated carbocycles. The Morgan fingerprint density at radius 3 is 1.42 bits per heavy atom. The molecule has 0 unspecified atom stereocenters. The van der Waals surface area contributed by atoms with E-state index in [1.54, 1.807) is 0 Å². The van der Waals surface area contributed by atoms with E-state index in [9.17, 15) is 0 Å². The topological polar surface area (TPSA) is 64.5 Å². The quantitative estimate of drug-likeness (QED) is 0.668. The van der Waals surface area contributed by atoms with Crippen molar-refractivity contribution in [3.63, 3.8) is 0 Å². The van der Waals surface area contributed by atoms with Gasteiger partial charge in [-0.2, -0.15) is 0 Å². The Hall–Kier alpha value is -3.14. The first-order chi connectivity index (χ1) is 11.7. The molecule has 0 spiro atoms. The molecule has 122 valence electrons. The molecule has 4 nitrogen and oxygen atoms in total. The molecule has 0 aromatic heterocycles. The van der Waals surface area contributed by atoms with E-state index in [-0.39, 0.29) is 0 Å². The summed E-state index contributed by atoms with van der Waals surface area (Å²) in [5.41, 5.74) is 16.2. The van der Waals surface area contributed by atoms with Crippen molar-refractivity contribution < 1.29 is 4.74 Å². The average molecular weight is 319 g/mol. The molecule has 3 rings (SSSR count). The highest BCUT2D eigenvalue weighted by Gasteiger charge is 2.12. The second-order valence-electron chi connectivity index (χ2n) is 5.45. The van der Waals surface area contributed by atoms with Gasteiger partial charge in [0.05, 0.1) is 6.61 Å². The van der Waals surface area contributed by atoms with Crippen molar-refractivity contribution >= 4 is 28.4 Å². The Labute approximate surface area is 142 Å². The minimum Gasteiger partial charge on any atom is -0.494 e.